The zero-order chi connectivity index (χ0) is 13.7. The lowest BCUT2D eigenvalue weighted by Crippen LogP contribution is -2.50. The molecule has 0 amide bonds. The van der Waals surface area contributed by atoms with Gasteiger partial charge < -0.3 is 10.2 Å². The highest BCUT2D eigenvalue weighted by Crippen LogP contribution is 2.28. The standard InChI is InChI=1S/C17H34N2/c1-4-15-9-17(18-10-14(2)3)13-19(11-15)12-16-7-5-6-8-16/h14-18H,4-13H2,1-3H3. The molecule has 1 aliphatic carbocycles. The quantitative estimate of drug-likeness (QED) is 0.791. The number of hydrogen-bond donors (Lipinski definition) is 1. The predicted octanol–water partition coefficient (Wildman–Crippen LogP) is 3.52. The summed E-state index contributed by atoms with van der Waals surface area (Å²) in [6.45, 7) is 12.2. The maximum absolute atomic E-state index is 3.80. The van der Waals surface area contributed by atoms with E-state index < -0.39 is 0 Å². The maximum atomic E-state index is 3.80. The number of likely N-dealkylation sites (tertiary alicyclic amines) is 1. The molecule has 0 aromatic carbocycles. The molecule has 2 rings (SSSR count). The SMILES string of the molecule is CCC1CC(NCC(C)C)CN(CC2CCCC2)C1. The van der Waals surface area contributed by atoms with Gasteiger partial charge in [-0.25, -0.2) is 0 Å². The largest absolute Gasteiger partial charge is 0.312 e. The Morgan fingerprint density at radius 3 is 2.47 bits per heavy atom. The summed E-state index contributed by atoms with van der Waals surface area (Å²) in [6, 6.07) is 0.738. The summed E-state index contributed by atoms with van der Waals surface area (Å²) in [6.07, 6.45) is 8.66. The minimum absolute atomic E-state index is 0.738. The van der Waals surface area contributed by atoms with E-state index in [0.29, 0.717) is 0 Å². The fraction of sp³-hybridized carbons (Fsp3) is 1.00. The van der Waals surface area contributed by atoms with Gasteiger partial charge in [-0.05, 0) is 43.6 Å². The molecule has 2 unspecified atom stereocenters. The van der Waals surface area contributed by atoms with Crippen molar-refractivity contribution in [3.8, 4) is 0 Å². The number of nitrogens with zero attached hydrogens (tertiary/aromatic N) is 1. The fourth-order valence-corrected chi connectivity index (χ4v) is 3.86. The van der Waals surface area contributed by atoms with E-state index in [2.05, 4.69) is 31.0 Å². The molecule has 112 valence electrons. The van der Waals surface area contributed by atoms with Gasteiger partial charge in [0.25, 0.3) is 0 Å². The van der Waals surface area contributed by atoms with Crippen LogP contribution in [0.1, 0.15) is 59.3 Å². The van der Waals surface area contributed by atoms with Gasteiger partial charge in [0.15, 0.2) is 0 Å². The number of piperidine rings is 1. The summed E-state index contributed by atoms with van der Waals surface area (Å²) in [5.41, 5.74) is 0. The third-order valence-electron chi connectivity index (χ3n) is 5.00. The Hall–Kier alpha value is -0.0800. The molecule has 1 N–H and O–H groups in total. The van der Waals surface area contributed by atoms with Crippen LogP contribution in [-0.4, -0.2) is 37.1 Å². The summed E-state index contributed by atoms with van der Waals surface area (Å²) in [4.78, 5) is 2.77. The first kappa shape index (κ1) is 15.3. The molecular formula is C17H34N2. The minimum atomic E-state index is 0.738. The van der Waals surface area contributed by atoms with Gasteiger partial charge >= 0.3 is 0 Å². The van der Waals surface area contributed by atoms with Crippen molar-refractivity contribution >= 4 is 0 Å². The van der Waals surface area contributed by atoms with Crippen LogP contribution in [0.2, 0.25) is 0 Å². The first-order valence-electron chi connectivity index (χ1n) is 8.63. The number of hydrogen-bond acceptors (Lipinski definition) is 2. The van der Waals surface area contributed by atoms with E-state index in [4.69, 9.17) is 0 Å². The lowest BCUT2D eigenvalue weighted by Gasteiger charge is -2.39. The van der Waals surface area contributed by atoms with Gasteiger partial charge in [-0.3, -0.25) is 0 Å². The minimum Gasteiger partial charge on any atom is -0.312 e. The van der Waals surface area contributed by atoms with Gasteiger partial charge in [0.1, 0.15) is 0 Å². The van der Waals surface area contributed by atoms with Gasteiger partial charge in [0.05, 0.1) is 0 Å². The third kappa shape index (κ3) is 5.07. The van der Waals surface area contributed by atoms with E-state index >= 15 is 0 Å². The summed E-state index contributed by atoms with van der Waals surface area (Å²) in [5.74, 6) is 2.69. The number of rotatable bonds is 6. The van der Waals surface area contributed by atoms with E-state index in [0.717, 1.165) is 23.8 Å². The molecule has 1 saturated carbocycles. The first-order chi connectivity index (χ1) is 9.17. The molecule has 2 aliphatic rings. The van der Waals surface area contributed by atoms with E-state index in [1.165, 1.54) is 64.7 Å². The fourth-order valence-electron chi connectivity index (χ4n) is 3.86. The highest BCUT2D eigenvalue weighted by atomic mass is 15.2. The smallest absolute Gasteiger partial charge is 0.0198 e. The van der Waals surface area contributed by atoms with Crippen LogP contribution in [0.4, 0.5) is 0 Å². The van der Waals surface area contributed by atoms with E-state index in [1.54, 1.807) is 0 Å². The molecule has 0 aromatic rings. The Bertz CT molecular complexity index is 246. The van der Waals surface area contributed by atoms with Crippen LogP contribution < -0.4 is 5.32 Å². The lowest BCUT2D eigenvalue weighted by atomic mass is 9.91. The second kappa shape index (κ2) is 7.64. The maximum Gasteiger partial charge on any atom is 0.0198 e. The van der Waals surface area contributed by atoms with E-state index in [9.17, 15) is 0 Å². The van der Waals surface area contributed by atoms with Crippen LogP contribution in [-0.2, 0) is 0 Å². The lowest BCUT2D eigenvalue weighted by molar-refractivity contribution is 0.120. The Morgan fingerprint density at radius 2 is 1.84 bits per heavy atom. The van der Waals surface area contributed by atoms with Crippen molar-refractivity contribution in [3.63, 3.8) is 0 Å². The molecular weight excluding hydrogens is 232 g/mol. The highest BCUT2D eigenvalue weighted by molar-refractivity contribution is 4.85. The van der Waals surface area contributed by atoms with Crippen molar-refractivity contribution in [1.29, 1.82) is 0 Å². The van der Waals surface area contributed by atoms with Gasteiger partial charge in [-0.2, -0.15) is 0 Å². The average Bonchev–Trinajstić information content (AvgIpc) is 2.89. The Kier molecular flexibility index (Phi) is 6.15. The van der Waals surface area contributed by atoms with Crippen molar-refractivity contribution in [2.24, 2.45) is 17.8 Å². The van der Waals surface area contributed by atoms with Gasteiger partial charge in [0.2, 0.25) is 0 Å². The predicted molar refractivity (Wildman–Crippen MR) is 83.4 cm³/mol. The molecule has 0 spiro atoms. The van der Waals surface area contributed by atoms with Gasteiger partial charge in [-0.15, -0.1) is 0 Å². The van der Waals surface area contributed by atoms with Gasteiger partial charge in [0, 0.05) is 25.7 Å². The summed E-state index contributed by atoms with van der Waals surface area (Å²) >= 11 is 0. The zero-order valence-corrected chi connectivity index (χ0v) is 13.3. The molecule has 1 heterocycles. The Labute approximate surface area is 120 Å². The molecule has 1 aliphatic heterocycles. The summed E-state index contributed by atoms with van der Waals surface area (Å²) in [7, 11) is 0. The molecule has 2 heteroatoms. The Morgan fingerprint density at radius 1 is 1.11 bits per heavy atom. The summed E-state index contributed by atoms with van der Waals surface area (Å²) < 4.78 is 0. The average molecular weight is 266 g/mol. The first-order valence-corrected chi connectivity index (χ1v) is 8.63. The van der Waals surface area contributed by atoms with Crippen LogP contribution in [0, 0.1) is 17.8 Å². The molecule has 2 fully saturated rings. The van der Waals surface area contributed by atoms with Crippen molar-refractivity contribution in [1.82, 2.24) is 10.2 Å². The van der Waals surface area contributed by atoms with Crippen molar-refractivity contribution in [2.45, 2.75) is 65.3 Å². The third-order valence-corrected chi connectivity index (χ3v) is 5.00. The number of nitrogens with one attached hydrogen (secondary N) is 1. The molecule has 19 heavy (non-hydrogen) atoms. The molecule has 1 saturated heterocycles. The molecule has 0 radical (unpaired) electrons. The van der Waals surface area contributed by atoms with Gasteiger partial charge in [-0.1, -0.05) is 40.0 Å². The second-order valence-electron chi connectivity index (χ2n) is 7.38. The van der Waals surface area contributed by atoms with Crippen molar-refractivity contribution in [2.75, 3.05) is 26.2 Å². The topological polar surface area (TPSA) is 15.3 Å². The van der Waals surface area contributed by atoms with Crippen LogP contribution in [0.15, 0.2) is 0 Å². The van der Waals surface area contributed by atoms with Crippen LogP contribution in [0.25, 0.3) is 0 Å². The van der Waals surface area contributed by atoms with E-state index in [-0.39, 0.29) is 0 Å². The monoisotopic (exact) mass is 266 g/mol. The van der Waals surface area contributed by atoms with Crippen molar-refractivity contribution < 1.29 is 0 Å². The molecule has 2 nitrogen and oxygen atoms in total. The Balaban J connectivity index is 1.80. The summed E-state index contributed by atoms with van der Waals surface area (Å²) in [5, 5.41) is 3.80. The van der Waals surface area contributed by atoms with Crippen LogP contribution in [0.3, 0.4) is 0 Å². The molecule has 2 atom stereocenters. The van der Waals surface area contributed by atoms with E-state index in [1.807, 2.05) is 0 Å². The zero-order valence-electron chi connectivity index (χ0n) is 13.3. The molecule has 0 bridgehead atoms. The van der Waals surface area contributed by atoms with Crippen LogP contribution >= 0.6 is 0 Å². The van der Waals surface area contributed by atoms with Crippen LogP contribution in [0.5, 0.6) is 0 Å². The second-order valence-corrected chi connectivity index (χ2v) is 7.38. The normalized spacial score (nSPS) is 30.3. The highest BCUT2D eigenvalue weighted by Gasteiger charge is 2.28. The molecule has 0 aromatic heterocycles. The van der Waals surface area contributed by atoms with Crippen molar-refractivity contribution in [3.05, 3.63) is 0 Å².